The fraction of sp³-hybridized carbons (Fsp3) is 0.314. The maximum Gasteiger partial charge on any atom is 0.310 e. The summed E-state index contributed by atoms with van der Waals surface area (Å²) < 4.78 is 56.6. The molecular formula is C35H36F2O6. The van der Waals surface area contributed by atoms with Gasteiger partial charge in [-0.1, -0.05) is 121 Å². The summed E-state index contributed by atoms with van der Waals surface area (Å²) in [7, 11) is 0. The van der Waals surface area contributed by atoms with E-state index in [-0.39, 0.29) is 26.4 Å². The van der Waals surface area contributed by atoms with E-state index in [1.165, 1.54) is 0 Å². The molecule has 1 fully saturated rings. The molecule has 2 N–H and O–H groups in total. The molecule has 226 valence electrons. The SMILES string of the molecule is OC1(O)[C@H](OCc2ccccc2)[C@@H](OCc2ccccc2)[C@H](OCc2ccccc2)[C@@H](COCc2ccccc2)C1(F)F. The highest BCUT2D eigenvalue weighted by Gasteiger charge is 2.71. The van der Waals surface area contributed by atoms with E-state index in [4.69, 9.17) is 18.9 Å². The zero-order chi connectivity index (χ0) is 30.1. The molecule has 8 heteroatoms. The van der Waals surface area contributed by atoms with Crippen molar-refractivity contribution in [3.63, 3.8) is 0 Å². The number of benzene rings is 4. The lowest BCUT2D eigenvalue weighted by Crippen LogP contribution is -2.74. The molecule has 43 heavy (non-hydrogen) atoms. The summed E-state index contributed by atoms with van der Waals surface area (Å²) in [5, 5.41) is 22.4. The first-order valence-electron chi connectivity index (χ1n) is 14.3. The van der Waals surface area contributed by atoms with Gasteiger partial charge in [-0.3, -0.25) is 0 Å². The number of rotatable bonds is 13. The Hall–Kier alpha value is -3.50. The fourth-order valence-corrected chi connectivity index (χ4v) is 5.27. The largest absolute Gasteiger partial charge is 0.376 e. The van der Waals surface area contributed by atoms with Crippen LogP contribution < -0.4 is 0 Å². The summed E-state index contributed by atoms with van der Waals surface area (Å²) in [6, 6.07) is 36.4. The van der Waals surface area contributed by atoms with E-state index in [0.717, 1.165) is 16.7 Å². The van der Waals surface area contributed by atoms with E-state index in [1.807, 2.05) is 97.1 Å². The molecule has 0 unspecified atom stereocenters. The average molecular weight is 591 g/mol. The molecule has 4 aromatic rings. The Balaban J connectivity index is 1.47. The van der Waals surface area contributed by atoms with Crippen molar-refractivity contribution in [2.75, 3.05) is 6.61 Å². The number of alkyl halides is 2. The molecule has 5 rings (SSSR count). The number of ether oxygens (including phenoxy) is 4. The number of hydrogen-bond acceptors (Lipinski definition) is 6. The van der Waals surface area contributed by atoms with E-state index in [0.29, 0.717) is 5.56 Å². The van der Waals surface area contributed by atoms with Crippen LogP contribution in [0.1, 0.15) is 22.3 Å². The van der Waals surface area contributed by atoms with Gasteiger partial charge in [0.2, 0.25) is 0 Å². The molecule has 0 saturated heterocycles. The van der Waals surface area contributed by atoms with Crippen LogP contribution in [0.2, 0.25) is 0 Å². The van der Waals surface area contributed by atoms with Crippen molar-refractivity contribution in [2.24, 2.45) is 5.92 Å². The highest BCUT2D eigenvalue weighted by Crippen LogP contribution is 2.48. The molecule has 4 aromatic carbocycles. The molecular weight excluding hydrogens is 554 g/mol. The van der Waals surface area contributed by atoms with Crippen LogP contribution in [0, 0.1) is 5.92 Å². The zero-order valence-corrected chi connectivity index (χ0v) is 23.7. The second kappa shape index (κ2) is 14.3. The Kier molecular flexibility index (Phi) is 10.3. The zero-order valence-electron chi connectivity index (χ0n) is 23.7. The Bertz CT molecular complexity index is 1370. The van der Waals surface area contributed by atoms with Gasteiger partial charge in [-0.2, -0.15) is 8.78 Å². The predicted molar refractivity (Wildman–Crippen MR) is 157 cm³/mol. The van der Waals surface area contributed by atoms with E-state index >= 15 is 8.78 Å². The number of aliphatic hydroxyl groups is 2. The lowest BCUT2D eigenvalue weighted by molar-refractivity contribution is -0.410. The molecule has 1 aliphatic rings. The minimum Gasteiger partial charge on any atom is -0.376 e. The molecule has 0 heterocycles. The van der Waals surface area contributed by atoms with Crippen molar-refractivity contribution in [3.8, 4) is 0 Å². The normalized spacial score (nSPS) is 22.7. The monoisotopic (exact) mass is 590 g/mol. The van der Waals surface area contributed by atoms with Gasteiger partial charge in [-0.05, 0) is 22.3 Å². The van der Waals surface area contributed by atoms with E-state index in [2.05, 4.69) is 0 Å². The number of hydrogen-bond donors (Lipinski definition) is 2. The average Bonchev–Trinajstić information content (AvgIpc) is 3.03. The molecule has 1 aliphatic carbocycles. The molecule has 4 atom stereocenters. The Morgan fingerprint density at radius 3 is 1.33 bits per heavy atom. The smallest absolute Gasteiger partial charge is 0.310 e. The van der Waals surface area contributed by atoms with Gasteiger partial charge in [0.1, 0.15) is 12.2 Å². The fourth-order valence-electron chi connectivity index (χ4n) is 5.27. The van der Waals surface area contributed by atoms with Gasteiger partial charge in [0.15, 0.2) is 0 Å². The minimum atomic E-state index is -4.08. The highest BCUT2D eigenvalue weighted by atomic mass is 19.3. The van der Waals surface area contributed by atoms with Crippen molar-refractivity contribution in [3.05, 3.63) is 144 Å². The quantitative estimate of drug-likeness (QED) is 0.189. The maximum absolute atomic E-state index is 16.3. The predicted octanol–water partition coefficient (Wildman–Crippen LogP) is 5.91. The van der Waals surface area contributed by atoms with Crippen molar-refractivity contribution in [1.82, 2.24) is 0 Å². The summed E-state index contributed by atoms with van der Waals surface area (Å²) in [4.78, 5) is 0. The summed E-state index contributed by atoms with van der Waals surface area (Å²) in [5.74, 6) is -9.44. The summed E-state index contributed by atoms with van der Waals surface area (Å²) in [6.45, 7) is -0.582. The van der Waals surface area contributed by atoms with Crippen LogP contribution in [-0.2, 0) is 45.4 Å². The second-order valence-electron chi connectivity index (χ2n) is 10.7. The lowest BCUT2D eigenvalue weighted by atomic mass is 9.75. The van der Waals surface area contributed by atoms with Crippen LogP contribution in [-0.4, -0.2) is 46.8 Å². The molecule has 0 amide bonds. The first-order valence-corrected chi connectivity index (χ1v) is 14.3. The first kappa shape index (κ1) is 30.9. The number of halogens is 2. The molecule has 0 spiro atoms. The Morgan fingerprint density at radius 1 is 0.512 bits per heavy atom. The van der Waals surface area contributed by atoms with Crippen molar-refractivity contribution in [1.29, 1.82) is 0 Å². The van der Waals surface area contributed by atoms with E-state index in [1.54, 1.807) is 24.3 Å². The van der Waals surface area contributed by atoms with Crippen LogP contribution in [0.15, 0.2) is 121 Å². The third-order valence-corrected chi connectivity index (χ3v) is 7.62. The van der Waals surface area contributed by atoms with Gasteiger partial charge in [0.05, 0.1) is 45.1 Å². The van der Waals surface area contributed by atoms with Crippen LogP contribution >= 0.6 is 0 Å². The van der Waals surface area contributed by atoms with Gasteiger partial charge in [0, 0.05) is 0 Å². The van der Waals surface area contributed by atoms with Gasteiger partial charge in [-0.25, -0.2) is 0 Å². The molecule has 0 aliphatic heterocycles. The summed E-state index contributed by atoms with van der Waals surface area (Å²) in [6.07, 6.45) is -4.45. The van der Waals surface area contributed by atoms with Crippen LogP contribution in [0.5, 0.6) is 0 Å². The van der Waals surface area contributed by atoms with E-state index < -0.39 is 42.5 Å². The van der Waals surface area contributed by atoms with Crippen LogP contribution in [0.4, 0.5) is 8.78 Å². The van der Waals surface area contributed by atoms with Gasteiger partial charge in [-0.15, -0.1) is 0 Å². The summed E-state index contributed by atoms with van der Waals surface area (Å²) in [5.41, 5.74) is 3.02. The minimum absolute atomic E-state index is 0.00275. The van der Waals surface area contributed by atoms with Crippen molar-refractivity contribution in [2.45, 2.75) is 56.4 Å². The Morgan fingerprint density at radius 2 is 0.884 bits per heavy atom. The third kappa shape index (κ3) is 7.54. The van der Waals surface area contributed by atoms with Crippen molar-refractivity contribution >= 4 is 0 Å². The molecule has 0 bridgehead atoms. The standard InChI is InChI=1S/C35H36F2O6/c36-34(37)30(25-40-21-26-13-5-1-6-14-26)31(41-22-27-15-7-2-8-16-27)32(42-23-28-17-9-3-10-18-28)33(35(34,38)39)43-24-29-19-11-4-12-20-29/h1-20,30-33,38-39H,21-25H2/t30-,31-,32+,33-/m1/s1. The molecule has 0 aromatic heterocycles. The van der Waals surface area contributed by atoms with E-state index in [9.17, 15) is 10.2 Å². The maximum atomic E-state index is 16.3. The first-order chi connectivity index (χ1) is 20.9. The molecule has 6 nitrogen and oxygen atoms in total. The topological polar surface area (TPSA) is 77.4 Å². The van der Waals surface area contributed by atoms with Gasteiger partial charge in [0.25, 0.3) is 5.79 Å². The lowest BCUT2D eigenvalue weighted by Gasteiger charge is -2.52. The molecule has 0 radical (unpaired) electrons. The van der Waals surface area contributed by atoms with Crippen LogP contribution in [0.25, 0.3) is 0 Å². The third-order valence-electron chi connectivity index (χ3n) is 7.62. The van der Waals surface area contributed by atoms with Crippen LogP contribution in [0.3, 0.4) is 0 Å². The van der Waals surface area contributed by atoms with Gasteiger partial charge >= 0.3 is 5.92 Å². The molecule has 1 saturated carbocycles. The van der Waals surface area contributed by atoms with Crippen molar-refractivity contribution < 1.29 is 37.9 Å². The Labute approximate surface area is 250 Å². The summed E-state index contributed by atoms with van der Waals surface area (Å²) >= 11 is 0. The van der Waals surface area contributed by atoms with Gasteiger partial charge < -0.3 is 29.2 Å². The second-order valence-corrected chi connectivity index (χ2v) is 10.7. The highest BCUT2D eigenvalue weighted by molar-refractivity contribution is 5.18.